The molecule has 3 aromatic rings. The van der Waals surface area contributed by atoms with Crippen molar-refractivity contribution in [3.05, 3.63) is 82.7 Å². The number of carbonyl (C=O) groups excluding carboxylic acids is 1. The van der Waals surface area contributed by atoms with Crippen LogP contribution in [0.5, 0.6) is 0 Å². The Morgan fingerprint density at radius 2 is 1.62 bits per heavy atom. The number of nitrogens with one attached hydrogen (secondary N) is 2. The van der Waals surface area contributed by atoms with E-state index in [9.17, 15) is 4.79 Å². The molecule has 5 nitrogen and oxygen atoms in total. The zero-order chi connectivity index (χ0) is 18.5. The number of carbonyl (C=O) groups is 1. The van der Waals surface area contributed by atoms with Gasteiger partial charge in [0.25, 0.3) is 5.91 Å². The summed E-state index contributed by atoms with van der Waals surface area (Å²) in [5, 5.41) is 6.06. The van der Waals surface area contributed by atoms with Crippen molar-refractivity contribution in [1.82, 2.24) is 15.3 Å². The zero-order valence-electron chi connectivity index (χ0n) is 15.2. The number of hydrogen-bond acceptors (Lipinski definition) is 4. The van der Waals surface area contributed by atoms with E-state index < -0.39 is 0 Å². The highest BCUT2D eigenvalue weighted by atomic mass is 16.1. The molecule has 5 heteroatoms. The Balaban J connectivity index is 1.63. The quantitative estimate of drug-likeness (QED) is 0.731. The molecule has 0 fully saturated rings. The zero-order valence-corrected chi connectivity index (χ0v) is 15.2. The Hall–Kier alpha value is -3.21. The van der Waals surface area contributed by atoms with Crippen LogP contribution in [0.2, 0.25) is 0 Å². The second-order valence-electron chi connectivity index (χ2n) is 6.41. The number of nitrogens with zero attached hydrogens (tertiary/aromatic N) is 2. The smallest absolute Gasteiger partial charge is 0.254 e. The minimum atomic E-state index is -0.189. The number of rotatable bonds is 5. The monoisotopic (exact) mass is 346 g/mol. The number of aromatic nitrogens is 2. The fourth-order valence-corrected chi connectivity index (χ4v) is 2.77. The van der Waals surface area contributed by atoms with Crippen LogP contribution in [0.25, 0.3) is 0 Å². The molecule has 1 aromatic heterocycles. The lowest BCUT2D eigenvalue weighted by atomic mass is 10.1. The molecule has 132 valence electrons. The van der Waals surface area contributed by atoms with E-state index in [1.165, 1.54) is 23.5 Å². The van der Waals surface area contributed by atoms with Crippen LogP contribution >= 0.6 is 0 Å². The summed E-state index contributed by atoms with van der Waals surface area (Å²) in [7, 11) is 0. The Morgan fingerprint density at radius 1 is 0.962 bits per heavy atom. The lowest BCUT2D eigenvalue weighted by molar-refractivity contribution is 0.0950. The third-order valence-electron chi connectivity index (χ3n) is 4.09. The Kier molecular flexibility index (Phi) is 5.27. The fraction of sp³-hybridized carbons (Fsp3) is 0.190. The third-order valence-corrected chi connectivity index (χ3v) is 4.09. The maximum Gasteiger partial charge on any atom is 0.254 e. The molecule has 1 amide bonds. The van der Waals surface area contributed by atoms with Crippen LogP contribution in [-0.4, -0.2) is 15.9 Å². The van der Waals surface area contributed by atoms with Gasteiger partial charge in [0, 0.05) is 24.6 Å². The summed E-state index contributed by atoms with van der Waals surface area (Å²) in [6.45, 7) is 6.59. The maximum atomic E-state index is 12.3. The van der Waals surface area contributed by atoms with E-state index in [-0.39, 0.29) is 5.91 Å². The first kappa shape index (κ1) is 17.6. The molecule has 0 aliphatic carbocycles. The molecular weight excluding hydrogens is 324 g/mol. The molecule has 0 bridgehead atoms. The van der Waals surface area contributed by atoms with Gasteiger partial charge < -0.3 is 10.6 Å². The van der Waals surface area contributed by atoms with Gasteiger partial charge in [-0.05, 0) is 55.2 Å². The Labute approximate surface area is 153 Å². The second kappa shape index (κ2) is 7.78. The maximum absolute atomic E-state index is 12.3. The van der Waals surface area contributed by atoms with E-state index in [0.717, 1.165) is 16.8 Å². The first-order valence-corrected chi connectivity index (χ1v) is 8.51. The van der Waals surface area contributed by atoms with E-state index in [2.05, 4.69) is 26.7 Å². The van der Waals surface area contributed by atoms with Crippen molar-refractivity contribution < 1.29 is 4.79 Å². The lowest BCUT2D eigenvalue weighted by Gasteiger charge is -2.09. The van der Waals surface area contributed by atoms with Crippen LogP contribution in [-0.2, 0) is 6.54 Å². The molecule has 0 radical (unpaired) electrons. The molecule has 26 heavy (non-hydrogen) atoms. The van der Waals surface area contributed by atoms with Crippen molar-refractivity contribution in [2.45, 2.75) is 27.3 Å². The largest absolute Gasteiger partial charge is 0.348 e. The predicted octanol–water partition coefficient (Wildman–Crippen LogP) is 4.08. The van der Waals surface area contributed by atoms with Gasteiger partial charge in [-0.1, -0.05) is 30.3 Å². The molecule has 1 heterocycles. The molecule has 2 N–H and O–H groups in total. The molecule has 2 aromatic carbocycles. The molecule has 0 spiro atoms. The van der Waals surface area contributed by atoms with E-state index >= 15 is 0 Å². The number of amides is 1. The van der Waals surface area contributed by atoms with Crippen LogP contribution in [0.15, 0.2) is 54.9 Å². The van der Waals surface area contributed by atoms with Gasteiger partial charge in [0.15, 0.2) is 0 Å². The summed E-state index contributed by atoms with van der Waals surface area (Å²) in [5.74, 6) is 0.275. The van der Waals surface area contributed by atoms with E-state index in [4.69, 9.17) is 0 Å². The average molecular weight is 346 g/mol. The first-order valence-electron chi connectivity index (χ1n) is 8.51. The minimum absolute atomic E-state index is 0.189. The highest BCUT2D eigenvalue weighted by molar-refractivity contribution is 5.93. The summed E-state index contributed by atoms with van der Waals surface area (Å²) in [6, 6.07) is 14.1. The average Bonchev–Trinajstić information content (AvgIpc) is 2.60. The van der Waals surface area contributed by atoms with Gasteiger partial charge in [-0.15, -0.1) is 0 Å². The van der Waals surface area contributed by atoms with Crippen molar-refractivity contribution in [2.24, 2.45) is 0 Å². The van der Waals surface area contributed by atoms with Crippen LogP contribution in [0, 0.1) is 20.8 Å². The van der Waals surface area contributed by atoms with Gasteiger partial charge in [-0.2, -0.15) is 0 Å². The van der Waals surface area contributed by atoms with Crippen molar-refractivity contribution in [2.75, 3.05) is 5.32 Å². The van der Waals surface area contributed by atoms with Crippen molar-refractivity contribution >= 4 is 17.5 Å². The molecule has 0 saturated heterocycles. The van der Waals surface area contributed by atoms with Gasteiger partial charge in [0.1, 0.15) is 0 Å². The SMILES string of the molecule is Cc1cc(C)cc(Nc2ncc(C(=O)NCc3ccccc3C)cn2)c1. The fourth-order valence-electron chi connectivity index (χ4n) is 2.77. The molecule has 0 aliphatic heterocycles. The van der Waals surface area contributed by atoms with Crippen LogP contribution in [0.4, 0.5) is 11.6 Å². The Morgan fingerprint density at radius 3 is 2.27 bits per heavy atom. The van der Waals surface area contributed by atoms with E-state index in [0.29, 0.717) is 18.1 Å². The summed E-state index contributed by atoms with van der Waals surface area (Å²) < 4.78 is 0. The summed E-state index contributed by atoms with van der Waals surface area (Å²) in [6.07, 6.45) is 3.07. The summed E-state index contributed by atoms with van der Waals surface area (Å²) in [5.41, 5.74) is 5.94. The molecule has 0 saturated carbocycles. The predicted molar refractivity (Wildman–Crippen MR) is 104 cm³/mol. The molecule has 0 unspecified atom stereocenters. The summed E-state index contributed by atoms with van der Waals surface area (Å²) in [4.78, 5) is 20.8. The summed E-state index contributed by atoms with van der Waals surface area (Å²) >= 11 is 0. The molecule has 0 aliphatic rings. The molecule has 0 atom stereocenters. The number of benzene rings is 2. The van der Waals surface area contributed by atoms with Crippen molar-refractivity contribution in [3.63, 3.8) is 0 Å². The van der Waals surface area contributed by atoms with Gasteiger partial charge >= 0.3 is 0 Å². The van der Waals surface area contributed by atoms with Crippen molar-refractivity contribution in [1.29, 1.82) is 0 Å². The molecule has 3 rings (SSSR count). The third kappa shape index (κ3) is 4.45. The molecular formula is C21H22N4O. The lowest BCUT2D eigenvalue weighted by Crippen LogP contribution is -2.23. The van der Waals surface area contributed by atoms with Crippen molar-refractivity contribution in [3.8, 4) is 0 Å². The van der Waals surface area contributed by atoms with Crippen LogP contribution < -0.4 is 10.6 Å². The number of anilines is 2. The Bertz CT molecular complexity index is 899. The van der Waals surface area contributed by atoms with Gasteiger partial charge in [0.05, 0.1) is 5.56 Å². The highest BCUT2D eigenvalue weighted by Gasteiger charge is 2.08. The first-order chi connectivity index (χ1) is 12.5. The highest BCUT2D eigenvalue weighted by Crippen LogP contribution is 2.17. The van der Waals surface area contributed by atoms with Crippen LogP contribution in [0.3, 0.4) is 0 Å². The van der Waals surface area contributed by atoms with E-state index in [1.54, 1.807) is 0 Å². The minimum Gasteiger partial charge on any atom is -0.348 e. The number of hydrogen-bond donors (Lipinski definition) is 2. The number of aryl methyl sites for hydroxylation is 3. The second-order valence-corrected chi connectivity index (χ2v) is 6.41. The topological polar surface area (TPSA) is 66.9 Å². The van der Waals surface area contributed by atoms with Gasteiger partial charge in [-0.3, -0.25) is 4.79 Å². The van der Waals surface area contributed by atoms with E-state index in [1.807, 2.05) is 57.2 Å². The normalized spacial score (nSPS) is 10.4. The van der Waals surface area contributed by atoms with Gasteiger partial charge in [-0.25, -0.2) is 9.97 Å². The van der Waals surface area contributed by atoms with Crippen LogP contribution in [0.1, 0.15) is 32.6 Å². The standard InChI is InChI=1S/C21H22N4O/c1-14-8-15(2)10-19(9-14)25-21-23-12-18(13-24-21)20(26)22-11-17-7-5-4-6-16(17)3/h4-10,12-13H,11H2,1-3H3,(H,22,26)(H,23,24,25). The van der Waals surface area contributed by atoms with Gasteiger partial charge in [0.2, 0.25) is 5.95 Å².